The van der Waals surface area contributed by atoms with E-state index in [0.29, 0.717) is 23.4 Å². The predicted molar refractivity (Wildman–Crippen MR) is 159 cm³/mol. The van der Waals surface area contributed by atoms with Crippen LogP contribution in [0.1, 0.15) is 36.9 Å². The van der Waals surface area contributed by atoms with Gasteiger partial charge in [0.25, 0.3) is 0 Å². The predicted octanol–water partition coefficient (Wildman–Crippen LogP) is 4.24. The summed E-state index contributed by atoms with van der Waals surface area (Å²) in [5, 5.41) is 4.31. The molecule has 1 aliphatic carbocycles. The molecule has 41 heavy (non-hydrogen) atoms. The highest BCUT2D eigenvalue weighted by Gasteiger charge is 2.23. The minimum Gasteiger partial charge on any atom is -0.383 e. The van der Waals surface area contributed by atoms with E-state index >= 15 is 0 Å². The van der Waals surface area contributed by atoms with Crippen molar-refractivity contribution in [1.82, 2.24) is 34.2 Å². The second-order valence-electron chi connectivity index (χ2n) is 10.6. The van der Waals surface area contributed by atoms with Crippen molar-refractivity contribution in [2.45, 2.75) is 32.2 Å². The highest BCUT2D eigenvalue weighted by atomic mass is 16.2. The fourth-order valence-electron chi connectivity index (χ4n) is 5.55. The Morgan fingerprint density at radius 3 is 2.71 bits per heavy atom. The van der Waals surface area contributed by atoms with E-state index in [0.717, 1.165) is 54.8 Å². The highest BCUT2D eigenvalue weighted by Crippen LogP contribution is 2.35. The molecule has 2 unspecified atom stereocenters. The van der Waals surface area contributed by atoms with Crippen molar-refractivity contribution in [3.63, 3.8) is 0 Å². The van der Waals surface area contributed by atoms with Crippen LogP contribution in [-0.4, -0.2) is 53.2 Å². The molecule has 2 aliphatic rings. The van der Waals surface area contributed by atoms with Crippen LogP contribution in [-0.2, 0) is 11.2 Å². The summed E-state index contributed by atoms with van der Waals surface area (Å²) in [6, 6.07) is 16.0. The van der Waals surface area contributed by atoms with Crippen LogP contribution in [0.3, 0.4) is 0 Å². The largest absolute Gasteiger partial charge is 0.383 e. The third-order valence-corrected chi connectivity index (χ3v) is 7.73. The zero-order valence-electron chi connectivity index (χ0n) is 23.0. The number of pyridine rings is 2. The number of nitrogens with zero attached hydrogens (tertiary/aromatic N) is 7. The Bertz CT molecular complexity index is 1720. The van der Waals surface area contributed by atoms with Gasteiger partial charge in [0.2, 0.25) is 5.91 Å². The van der Waals surface area contributed by atoms with E-state index in [1.807, 2.05) is 46.0 Å². The number of nitrogen functional groups attached to an aromatic ring is 1. The maximum atomic E-state index is 11.0. The van der Waals surface area contributed by atoms with Gasteiger partial charge in [-0.3, -0.25) is 9.36 Å². The molecule has 0 saturated carbocycles. The lowest BCUT2D eigenvalue weighted by Gasteiger charge is -2.13. The van der Waals surface area contributed by atoms with E-state index < -0.39 is 0 Å². The summed E-state index contributed by atoms with van der Waals surface area (Å²) >= 11 is 0. The van der Waals surface area contributed by atoms with Crippen molar-refractivity contribution in [3.8, 4) is 22.9 Å². The van der Waals surface area contributed by atoms with Crippen LogP contribution in [0.2, 0.25) is 0 Å². The summed E-state index contributed by atoms with van der Waals surface area (Å²) in [5.74, 6) is 2.59. The minimum atomic E-state index is 0.0735. The van der Waals surface area contributed by atoms with Gasteiger partial charge in [-0.2, -0.15) is 5.10 Å². The molecule has 0 bridgehead atoms. The molecule has 0 radical (unpaired) electrons. The van der Waals surface area contributed by atoms with Gasteiger partial charge in [0.05, 0.1) is 5.56 Å². The Morgan fingerprint density at radius 1 is 1.10 bits per heavy atom. The second kappa shape index (κ2) is 11.0. The number of aromatic nitrogens is 6. The van der Waals surface area contributed by atoms with Crippen LogP contribution in [0.15, 0.2) is 79.8 Å². The van der Waals surface area contributed by atoms with Crippen molar-refractivity contribution in [2.24, 2.45) is 11.7 Å². The smallest absolute Gasteiger partial charge is 0.245 e. The van der Waals surface area contributed by atoms with Gasteiger partial charge in [-0.25, -0.2) is 19.6 Å². The lowest BCUT2D eigenvalue weighted by Crippen LogP contribution is -2.26. The zero-order valence-corrected chi connectivity index (χ0v) is 23.0. The standard InChI is InChI=1S/C23H20N8.C8H13NO/c24-18-7-4-14-13-15(5-6-16(14)18)31-22(17-3-1-10-26-21(17)25)28-19-8-9-20(29-23(19)31)30-12-2-11-27-30;1-3-8(10)9-5-4-7(2)6-9/h1-3,5-6,8-13,18H,4,7,24H2,(H2,25,26);3,7H,1,4-6H2,2H3. The molecule has 7 rings (SSSR count). The normalized spacial score (nSPS) is 17.8. The first-order valence-corrected chi connectivity index (χ1v) is 13.8. The molecule has 10 heteroatoms. The molecule has 1 amide bonds. The molecule has 10 nitrogen and oxygen atoms in total. The van der Waals surface area contributed by atoms with Crippen LogP contribution in [0.25, 0.3) is 34.1 Å². The average Bonchev–Trinajstić information content (AvgIpc) is 3.80. The monoisotopic (exact) mass is 547 g/mol. The Balaban J connectivity index is 0.000000258. The lowest BCUT2D eigenvalue weighted by molar-refractivity contribution is -0.125. The van der Waals surface area contributed by atoms with Gasteiger partial charge < -0.3 is 16.4 Å². The molecule has 1 aliphatic heterocycles. The summed E-state index contributed by atoms with van der Waals surface area (Å²) in [7, 11) is 0. The highest BCUT2D eigenvalue weighted by molar-refractivity contribution is 5.87. The van der Waals surface area contributed by atoms with Gasteiger partial charge in [-0.15, -0.1) is 0 Å². The molecular weight excluding hydrogens is 514 g/mol. The van der Waals surface area contributed by atoms with Gasteiger partial charge in [0, 0.05) is 43.4 Å². The van der Waals surface area contributed by atoms with Crippen molar-refractivity contribution in [1.29, 1.82) is 0 Å². The first-order chi connectivity index (χ1) is 19.9. The second-order valence-corrected chi connectivity index (χ2v) is 10.6. The Labute approximate surface area is 238 Å². The Hall–Kier alpha value is -4.83. The molecule has 1 saturated heterocycles. The van der Waals surface area contributed by atoms with E-state index in [4.69, 9.17) is 21.4 Å². The molecule has 4 aromatic heterocycles. The number of hydrogen-bond acceptors (Lipinski definition) is 7. The quantitative estimate of drug-likeness (QED) is 0.322. The molecular formula is C31H33N9O. The van der Waals surface area contributed by atoms with Crippen LogP contribution < -0.4 is 11.5 Å². The van der Waals surface area contributed by atoms with Crippen LogP contribution in [0.5, 0.6) is 0 Å². The van der Waals surface area contributed by atoms with E-state index in [-0.39, 0.29) is 11.9 Å². The molecule has 1 fully saturated rings. The van der Waals surface area contributed by atoms with Crippen molar-refractivity contribution in [3.05, 3.63) is 90.9 Å². The zero-order chi connectivity index (χ0) is 28.5. The molecule has 208 valence electrons. The molecule has 2 atom stereocenters. The number of likely N-dealkylation sites (tertiary alicyclic amines) is 1. The van der Waals surface area contributed by atoms with Crippen LogP contribution >= 0.6 is 0 Å². The summed E-state index contributed by atoms with van der Waals surface area (Å²) in [6.45, 7) is 7.42. The van der Waals surface area contributed by atoms with Crippen molar-refractivity contribution >= 4 is 22.9 Å². The fourth-order valence-corrected chi connectivity index (χ4v) is 5.55. The number of aryl methyl sites for hydroxylation is 1. The molecule has 1 aromatic carbocycles. The van der Waals surface area contributed by atoms with Crippen LogP contribution in [0.4, 0.5) is 5.82 Å². The summed E-state index contributed by atoms with van der Waals surface area (Å²) in [4.78, 5) is 26.8. The van der Waals surface area contributed by atoms with Crippen LogP contribution in [0, 0.1) is 5.92 Å². The summed E-state index contributed by atoms with van der Waals surface area (Å²) in [5.41, 5.74) is 18.2. The maximum Gasteiger partial charge on any atom is 0.245 e. The van der Waals surface area contributed by atoms with Gasteiger partial charge in [0.15, 0.2) is 17.3 Å². The molecule has 5 heterocycles. The summed E-state index contributed by atoms with van der Waals surface area (Å²) < 4.78 is 3.77. The van der Waals surface area contributed by atoms with E-state index in [1.54, 1.807) is 17.1 Å². The van der Waals surface area contributed by atoms with E-state index in [1.165, 1.54) is 17.2 Å². The fraction of sp³-hybridized carbons (Fsp3) is 0.258. The first kappa shape index (κ1) is 26.4. The number of rotatable bonds is 4. The van der Waals surface area contributed by atoms with Gasteiger partial charge in [0.1, 0.15) is 11.3 Å². The van der Waals surface area contributed by atoms with Crippen molar-refractivity contribution in [2.75, 3.05) is 18.8 Å². The minimum absolute atomic E-state index is 0.0735. The number of carbonyl (C=O) groups excluding carboxylic acids is 1. The number of nitrogens with two attached hydrogens (primary N) is 2. The lowest BCUT2D eigenvalue weighted by atomic mass is 10.1. The van der Waals surface area contributed by atoms with Crippen molar-refractivity contribution < 1.29 is 4.79 Å². The average molecular weight is 548 g/mol. The Kier molecular flexibility index (Phi) is 7.07. The first-order valence-electron chi connectivity index (χ1n) is 13.8. The maximum absolute atomic E-state index is 11.0. The van der Waals surface area contributed by atoms with Gasteiger partial charge in [-0.05, 0) is 84.8 Å². The SMILES string of the molecule is C=CC(=O)N1CCC(C)C1.Nc1ncccc1-c1nc2ccc(-n3cccn3)nc2n1-c1ccc2c(c1)CCC2N. The number of fused-ring (bicyclic) bond motifs is 2. The number of amides is 1. The Morgan fingerprint density at radius 2 is 1.98 bits per heavy atom. The van der Waals surface area contributed by atoms with Gasteiger partial charge in [-0.1, -0.05) is 19.6 Å². The van der Waals surface area contributed by atoms with E-state index in [2.05, 4.69) is 41.8 Å². The number of hydrogen-bond donors (Lipinski definition) is 2. The summed E-state index contributed by atoms with van der Waals surface area (Å²) in [6.07, 6.45) is 9.73. The molecule has 5 aromatic rings. The number of anilines is 1. The third kappa shape index (κ3) is 5.09. The molecule has 4 N–H and O–H groups in total. The number of carbonyl (C=O) groups is 1. The number of benzene rings is 1. The van der Waals surface area contributed by atoms with Gasteiger partial charge >= 0.3 is 0 Å². The van der Waals surface area contributed by atoms with E-state index in [9.17, 15) is 4.79 Å². The topological polar surface area (TPSA) is 134 Å². The number of imidazole rings is 1. The third-order valence-electron chi connectivity index (χ3n) is 7.73. The molecule has 0 spiro atoms.